The first-order valence-corrected chi connectivity index (χ1v) is 7.87. The van der Waals surface area contributed by atoms with E-state index in [0.717, 1.165) is 5.75 Å². The van der Waals surface area contributed by atoms with Crippen LogP contribution in [0.15, 0.2) is 24.3 Å². The highest BCUT2D eigenvalue weighted by molar-refractivity contribution is 5.75. The van der Waals surface area contributed by atoms with Crippen LogP contribution >= 0.6 is 0 Å². The van der Waals surface area contributed by atoms with E-state index >= 15 is 0 Å². The van der Waals surface area contributed by atoms with Crippen molar-refractivity contribution in [2.75, 3.05) is 13.2 Å². The van der Waals surface area contributed by atoms with Crippen LogP contribution in [0, 0.1) is 0 Å². The summed E-state index contributed by atoms with van der Waals surface area (Å²) in [5.41, 5.74) is 6.87. The lowest BCUT2D eigenvalue weighted by atomic mass is 9.87. The monoisotopic (exact) mass is 306 g/mol. The third kappa shape index (κ3) is 7.46. The molecule has 0 spiro atoms. The summed E-state index contributed by atoms with van der Waals surface area (Å²) < 4.78 is 5.66. The van der Waals surface area contributed by atoms with Crippen LogP contribution in [0.3, 0.4) is 0 Å². The van der Waals surface area contributed by atoms with Gasteiger partial charge in [-0.25, -0.2) is 0 Å². The second-order valence-electron chi connectivity index (χ2n) is 7.49. The summed E-state index contributed by atoms with van der Waals surface area (Å²) in [6.45, 7) is 11.4. The lowest BCUT2D eigenvalue weighted by Crippen LogP contribution is -2.45. The summed E-state index contributed by atoms with van der Waals surface area (Å²) in [6.07, 6.45) is 1.15. The molecule has 4 heteroatoms. The molecule has 0 aliphatic heterocycles. The first kappa shape index (κ1) is 18.5. The highest BCUT2D eigenvalue weighted by atomic mass is 16.5. The molecule has 0 atom stereocenters. The van der Waals surface area contributed by atoms with Crippen molar-refractivity contribution in [2.45, 2.75) is 58.4 Å². The van der Waals surface area contributed by atoms with Crippen molar-refractivity contribution < 1.29 is 9.53 Å². The van der Waals surface area contributed by atoms with E-state index in [-0.39, 0.29) is 16.9 Å². The molecule has 0 unspecified atom stereocenters. The Hall–Kier alpha value is -1.55. The van der Waals surface area contributed by atoms with Crippen LogP contribution in [-0.4, -0.2) is 24.6 Å². The van der Waals surface area contributed by atoms with Gasteiger partial charge in [-0.05, 0) is 43.4 Å². The minimum absolute atomic E-state index is 0.0187. The molecule has 0 heterocycles. The van der Waals surface area contributed by atoms with Crippen LogP contribution in [0.5, 0.6) is 5.75 Å². The molecular formula is C18H30N2O2. The molecule has 3 N–H and O–H groups in total. The summed E-state index contributed by atoms with van der Waals surface area (Å²) in [7, 11) is 0. The van der Waals surface area contributed by atoms with Crippen molar-refractivity contribution in [3.63, 3.8) is 0 Å². The number of carbonyl (C=O) groups is 1. The molecule has 0 radical (unpaired) electrons. The van der Waals surface area contributed by atoms with Crippen molar-refractivity contribution in [3.8, 4) is 5.75 Å². The number of hydrogen-bond donors (Lipinski definition) is 2. The molecule has 0 aliphatic rings. The zero-order valence-electron chi connectivity index (χ0n) is 14.5. The van der Waals surface area contributed by atoms with Gasteiger partial charge in [0, 0.05) is 18.5 Å². The van der Waals surface area contributed by atoms with Crippen molar-refractivity contribution in [2.24, 2.45) is 5.73 Å². The molecule has 1 aromatic carbocycles. The fourth-order valence-electron chi connectivity index (χ4n) is 1.89. The molecule has 0 aromatic heterocycles. The number of nitrogens with one attached hydrogen (secondary N) is 1. The minimum atomic E-state index is -0.374. The average Bonchev–Trinajstić information content (AvgIpc) is 2.40. The van der Waals surface area contributed by atoms with Gasteiger partial charge in [-0.3, -0.25) is 4.79 Å². The number of benzene rings is 1. The normalized spacial score (nSPS) is 12.1. The molecule has 0 saturated carbocycles. The molecule has 4 nitrogen and oxygen atoms in total. The number of nitrogens with two attached hydrogens (primary N) is 1. The standard InChI is InChI=1S/C18H30N2O2/c1-17(2,3)14-8-10-15(11-9-14)22-12-6-7-16(21)20-13-18(4,5)19/h8-11H,6-7,12-13,19H2,1-5H3,(H,20,21). The number of rotatable bonds is 7. The van der Waals surface area contributed by atoms with E-state index < -0.39 is 0 Å². The smallest absolute Gasteiger partial charge is 0.220 e. The van der Waals surface area contributed by atoms with Gasteiger partial charge in [0.25, 0.3) is 0 Å². The SMILES string of the molecule is CC(C)(N)CNC(=O)CCCOc1ccc(C(C)(C)C)cc1. The predicted molar refractivity (Wildman–Crippen MR) is 91.1 cm³/mol. The Kier molecular flexibility index (Phi) is 6.42. The third-order valence-corrected chi connectivity index (χ3v) is 3.28. The zero-order valence-corrected chi connectivity index (χ0v) is 14.5. The molecule has 124 valence electrons. The van der Waals surface area contributed by atoms with Crippen molar-refractivity contribution in [3.05, 3.63) is 29.8 Å². The number of hydrogen-bond acceptors (Lipinski definition) is 3. The molecule has 0 saturated heterocycles. The fourth-order valence-corrected chi connectivity index (χ4v) is 1.89. The van der Waals surface area contributed by atoms with Crippen LogP contribution in [0.2, 0.25) is 0 Å². The van der Waals surface area contributed by atoms with Crippen LogP contribution in [0.1, 0.15) is 53.0 Å². The Balaban J connectivity index is 2.26. The van der Waals surface area contributed by atoms with E-state index in [1.807, 2.05) is 26.0 Å². The second-order valence-corrected chi connectivity index (χ2v) is 7.49. The van der Waals surface area contributed by atoms with Gasteiger partial charge < -0.3 is 15.8 Å². The highest BCUT2D eigenvalue weighted by Crippen LogP contribution is 2.24. The van der Waals surface area contributed by atoms with E-state index in [2.05, 4.69) is 38.2 Å². The maximum atomic E-state index is 11.6. The molecule has 1 aromatic rings. The van der Waals surface area contributed by atoms with Gasteiger partial charge in [-0.2, -0.15) is 0 Å². The van der Waals surface area contributed by atoms with E-state index in [1.165, 1.54) is 5.56 Å². The summed E-state index contributed by atoms with van der Waals surface area (Å²) in [5.74, 6) is 0.863. The number of carbonyl (C=O) groups excluding carboxylic acids is 1. The van der Waals surface area contributed by atoms with E-state index in [4.69, 9.17) is 10.5 Å². The van der Waals surface area contributed by atoms with Crippen molar-refractivity contribution in [1.29, 1.82) is 0 Å². The number of amides is 1. The lowest BCUT2D eigenvalue weighted by Gasteiger charge is -2.19. The molecule has 0 fully saturated rings. The molecule has 0 aliphatic carbocycles. The summed E-state index contributed by atoms with van der Waals surface area (Å²) >= 11 is 0. The van der Waals surface area contributed by atoms with Gasteiger partial charge in [-0.15, -0.1) is 0 Å². The molecule has 1 amide bonds. The fraction of sp³-hybridized carbons (Fsp3) is 0.611. The Morgan fingerprint density at radius 2 is 1.73 bits per heavy atom. The van der Waals surface area contributed by atoms with E-state index in [9.17, 15) is 4.79 Å². The Morgan fingerprint density at radius 3 is 2.23 bits per heavy atom. The topological polar surface area (TPSA) is 64.3 Å². The maximum Gasteiger partial charge on any atom is 0.220 e. The summed E-state index contributed by atoms with van der Waals surface area (Å²) in [4.78, 5) is 11.6. The van der Waals surface area contributed by atoms with Crippen LogP contribution in [0.4, 0.5) is 0 Å². The van der Waals surface area contributed by atoms with Crippen LogP contribution < -0.4 is 15.8 Å². The summed E-state index contributed by atoms with van der Waals surface area (Å²) in [6, 6.07) is 8.14. The Morgan fingerprint density at radius 1 is 1.14 bits per heavy atom. The first-order chi connectivity index (χ1) is 10.1. The second kappa shape index (κ2) is 7.63. The third-order valence-electron chi connectivity index (χ3n) is 3.28. The van der Waals surface area contributed by atoms with Gasteiger partial charge >= 0.3 is 0 Å². The Bertz CT molecular complexity index is 467. The van der Waals surface area contributed by atoms with Gasteiger partial charge in [-0.1, -0.05) is 32.9 Å². The van der Waals surface area contributed by atoms with E-state index in [0.29, 0.717) is 26.0 Å². The molecule has 1 rings (SSSR count). The molecule has 22 heavy (non-hydrogen) atoms. The number of ether oxygens (including phenoxy) is 1. The first-order valence-electron chi connectivity index (χ1n) is 7.87. The largest absolute Gasteiger partial charge is 0.494 e. The highest BCUT2D eigenvalue weighted by Gasteiger charge is 2.13. The Labute approximate surface area is 134 Å². The van der Waals surface area contributed by atoms with Gasteiger partial charge in [0.15, 0.2) is 0 Å². The van der Waals surface area contributed by atoms with E-state index in [1.54, 1.807) is 0 Å². The van der Waals surface area contributed by atoms with Crippen molar-refractivity contribution >= 4 is 5.91 Å². The minimum Gasteiger partial charge on any atom is -0.494 e. The quantitative estimate of drug-likeness (QED) is 0.761. The summed E-state index contributed by atoms with van der Waals surface area (Å²) in [5, 5.41) is 2.83. The van der Waals surface area contributed by atoms with Crippen molar-refractivity contribution in [1.82, 2.24) is 5.32 Å². The van der Waals surface area contributed by atoms with Gasteiger partial charge in [0.2, 0.25) is 5.91 Å². The van der Waals surface area contributed by atoms with Gasteiger partial charge in [0.1, 0.15) is 5.75 Å². The molecule has 0 bridgehead atoms. The van der Waals surface area contributed by atoms with Crippen LogP contribution in [0.25, 0.3) is 0 Å². The maximum absolute atomic E-state index is 11.6. The molecular weight excluding hydrogens is 276 g/mol. The average molecular weight is 306 g/mol. The van der Waals surface area contributed by atoms with Crippen LogP contribution in [-0.2, 0) is 10.2 Å². The lowest BCUT2D eigenvalue weighted by molar-refractivity contribution is -0.121. The van der Waals surface area contributed by atoms with Gasteiger partial charge in [0.05, 0.1) is 6.61 Å². The zero-order chi connectivity index (χ0) is 16.8. The predicted octanol–water partition coefficient (Wildman–Crippen LogP) is 3.00.